The number of esters is 1. The quantitative estimate of drug-likeness (QED) is 0.0858. The van der Waals surface area contributed by atoms with Crippen molar-refractivity contribution in [3.05, 3.63) is 30.3 Å². The maximum absolute atomic E-state index is 14.4. The highest BCUT2D eigenvalue weighted by molar-refractivity contribution is 7.99. The smallest absolute Gasteiger partial charge is 0.311 e. The Kier molecular flexibility index (Phi) is 18.5. The second kappa shape index (κ2) is 21.8. The third-order valence-electron chi connectivity index (χ3n) is 13.2. The van der Waals surface area contributed by atoms with Crippen LogP contribution in [0.15, 0.2) is 40.4 Å². The zero-order valence-electron chi connectivity index (χ0n) is 38.6. The fourth-order valence-corrected chi connectivity index (χ4v) is 10.2. The maximum atomic E-state index is 14.4. The molecule has 0 unspecified atom stereocenters. The fraction of sp³-hybridized carbons (Fsp3) is 0.822. The number of carbonyl (C=O) groups excluding carboxylic acids is 1. The molecule has 3 aliphatic heterocycles. The summed E-state index contributed by atoms with van der Waals surface area (Å²) in [7, 11) is 5.25. The first-order chi connectivity index (χ1) is 28.5. The molecule has 1 aromatic carbocycles. The van der Waals surface area contributed by atoms with E-state index in [0.717, 1.165) is 4.90 Å². The maximum Gasteiger partial charge on any atom is 0.311 e. The minimum absolute atomic E-state index is 0.00526. The first-order valence-corrected chi connectivity index (χ1v) is 22.9. The van der Waals surface area contributed by atoms with Crippen molar-refractivity contribution < 1.29 is 63.6 Å². The molecule has 4 rings (SSSR count). The molecule has 5 N–H and O–H groups in total. The Morgan fingerprint density at radius 3 is 2.18 bits per heavy atom. The van der Waals surface area contributed by atoms with Crippen LogP contribution in [0.2, 0.25) is 0 Å². The van der Waals surface area contributed by atoms with Gasteiger partial charge < -0.3 is 63.7 Å². The van der Waals surface area contributed by atoms with Gasteiger partial charge in [0.2, 0.25) is 0 Å². The monoisotopic (exact) mass is 885 g/mol. The Morgan fingerprint density at radius 1 is 0.918 bits per heavy atom. The Hall–Kier alpha value is -1.93. The number of aliphatic hydroxyl groups excluding tert-OH is 3. The van der Waals surface area contributed by atoms with Gasteiger partial charge in [0.25, 0.3) is 0 Å². The van der Waals surface area contributed by atoms with Crippen LogP contribution in [0.3, 0.4) is 0 Å². The van der Waals surface area contributed by atoms with E-state index in [1.54, 1.807) is 60.2 Å². The minimum atomic E-state index is -1.94. The molecule has 0 amide bonds. The molecule has 16 heteroatoms. The van der Waals surface area contributed by atoms with Gasteiger partial charge in [-0.2, -0.15) is 0 Å². The largest absolute Gasteiger partial charge is 0.459 e. The van der Waals surface area contributed by atoms with Gasteiger partial charge in [0.05, 0.1) is 53.4 Å². The predicted octanol–water partition coefficient (Wildman–Crippen LogP) is 4.38. The van der Waals surface area contributed by atoms with Crippen LogP contribution in [0.1, 0.15) is 94.9 Å². The molecule has 61 heavy (non-hydrogen) atoms. The van der Waals surface area contributed by atoms with E-state index < -0.39 is 102 Å². The van der Waals surface area contributed by atoms with Crippen molar-refractivity contribution >= 4 is 23.4 Å². The molecule has 350 valence electrons. The lowest BCUT2D eigenvalue weighted by atomic mass is 9.73. The number of oxime groups is 1. The average Bonchev–Trinajstić information content (AvgIpc) is 3.20. The lowest BCUT2D eigenvalue weighted by Crippen LogP contribution is -2.61. The van der Waals surface area contributed by atoms with Crippen molar-refractivity contribution in [2.24, 2.45) is 28.8 Å². The SMILES string of the molecule is CC[C@H]1OC(=O)[C@H](C)[C@@H](O[C@H]2C[C@@](C)(OC)[C@@H](O)[C@H](C)O2)[C@H](C)[C@@H](O[C@@H]2O[C@H](C)C[C@H](N(C)C)[C@H]2O)[C@@](C)(O)C[C@@H](C)/C(=N/OCCSc2ccccc2)[C@H](C)[C@@H](O)[C@]1(C)O. The summed E-state index contributed by atoms with van der Waals surface area (Å²) in [6, 6.07) is 9.57. The highest BCUT2D eigenvalue weighted by Crippen LogP contribution is 2.41. The zero-order chi connectivity index (χ0) is 45.6. The summed E-state index contributed by atoms with van der Waals surface area (Å²) in [6.07, 6.45) is -9.29. The third-order valence-corrected chi connectivity index (χ3v) is 14.2. The van der Waals surface area contributed by atoms with Gasteiger partial charge in [-0.1, -0.05) is 51.0 Å². The van der Waals surface area contributed by atoms with E-state index in [9.17, 15) is 30.3 Å². The lowest BCUT2D eigenvalue weighted by molar-refractivity contribution is -0.317. The number of hydrogen-bond acceptors (Lipinski definition) is 16. The van der Waals surface area contributed by atoms with Gasteiger partial charge in [0, 0.05) is 48.0 Å². The topological polar surface area (TPSA) is 198 Å². The van der Waals surface area contributed by atoms with Crippen molar-refractivity contribution in [2.75, 3.05) is 33.6 Å². The summed E-state index contributed by atoms with van der Waals surface area (Å²) in [5.74, 6) is -3.42. The van der Waals surface area contributed by atoms with Crippen molar-refractivity contribution in [1.29, 1.82) is 0 Å². The van der Waals surface area contributed by atoms with Crippen molar-refractivity contribution in [3.8, 4) is 0 Å². The fourth-order valence-electron chi connectivity index (χ4n) is 9.43. The molecule has 0 aromatic heterocycles. The molecule has 0 spiro atoms. The Bertz CT molecular complexity index is 1550. The molecule has 0 aliphatic carbocycles. The second-order valence-electron chi connectivity index (χ2n) is 18.6. The van der Waals surface area contributed by atoms with Crippen LogP contribution in [-0.4, -0.2) is 160 Å². The van der Waals surface area contributed by atoms with E-state index in [-0.39, 0.29) is 38.0 Å². The molecule has 18 atom stereocenters. The van der Waals surface area contributed by atoms with Gasteiger partial charge in [-0.25, -0.2) is 0 Å². The first kappa shape index (κ1) is 51.7. The minimum Gasteiger partial charge on any atom is -0.459 e. The summed E-state index contributed by atoms with van der Waals surface area (Å²) in [5.41, 5.74) is -4.37. The number of thioether (sulfide) groups is 1. The molecule has 15 nitrogen and oxygen atoms in total. The number of hydrogen-bond donors (Lipinski definition) is 5. The molecular formula is C45H76N2O13S. The second-order valence-corrected chi connectivity index (χ2v) is 19.7. The molecule has 3 saturated heterocycles. The first-order valence-electron chi connectivity index (χ1n) is 21.9. The van der Waals surface area contributed by atoms with Crippen molar-refractivity contribution in [2.45, 2.75) is 184 Å². The summed E-state index contributed by atoms with van der Waals surface area (Å²) < 4.78 is 37.9. The van der Waals surface area contributed by atoms with E-state index in [4.69, 9.17) is 33.3 Å². The van der Waals surface area contributed by atoms with E-state index in [0.29, 0.717) is 17.9 Å². The molecule has 3 heterocycles. The van der Waals surface area contributed by atoms with E-state index in [2.05, 4.69) is 5.16 Å². The van der Waals surface area contributed by atoms with Crippen LogP contribution in [0.5, 0.6) is 0 Å². The van der Waals surface area contributed by atoms with Crippen LogP contribution in [0.25, 0.3) is 0 Å². The molecule has 1 aromatic rings. The number of likely N-dealkylation sites (N-methyl/N-ethyl adjacent to an activating group) is 1. The highest BCUT2D eigenvalue weighted by Gasteiger charge is 2.53. The van der Waals surface area contributed by atoms with E-state index in [1.807, 2.05) is 63.2 Å². The number of methoxy groups -OCH3 is 1. The standard InChI is InChI=1S/C45H76N2O13S/c1-14-33-45(10,53)38(49)27(4)35(46-55-20-21-61-31-18-16-15-17-19-31)25(2)23-43(8,52)40(60-42-36(48)32(47(11)12)22-26(3)56-42)28(5)37(29(6)41(51)58-33)59-34-24-44(9,54-13)39(50)30(7)57-34/h15-19,25-30,32-34,36-40,42,48-50,52-53H,14,20-24H2,1-13H3/b46-35-/t25-,26-,27+,28+,29-,30+,32+,33-,34+,36-,37+,38-,39+,40-,42+,43+,44-,45-/m1/s1. The summed E-state index contributed by atoms with van der Waals surface area (Å²) >= 11 is 1.60. The third kappa shape index (κ3) is 12.5. The Labute approximate surface area is 367 Å². The van der Waals surface area contributed by atoms with Crippen molar-refractivity contribution in [3.63, 3.8) is 0 Å². The predicted molar refractivity (Wildman–Crippen MR) is 232 cm³/mol. The zero-order valence-corrected chi connectivity index (χ0v) is 39.4. The number of benzene rings is 1. The summed E-state index contributed by atoms with van der Waals surface area (Å²) in [6.45, 7) is 17.4. The van der Waals surface area contributed by atoms with Gasteiger partial charge in [-0.15, -0.1) is 11.8 Å². The summed E-state index contributed by atoms with van der Waals surface area (Å²) in [5, 5.41) is 64.2. The van der Waals surface area contributed by atoms with Crippen LogP contribution in [0.4, 0.5) is 0 Å². The van der Waals surface area contributed by atoms with Crippen LogP contribution in [-0.2, 0) is 38.1 Å². The lowest BCUT2D eigenvalue weighted by Gasteiger charge is -2.49. The van der Waals surface area contributed by atoms with Gasteiger partial charge in [-0.3, -0.25) is 4.79 Å². The summed E-state index contributed by atoms with van der Waals surface area (Å²) in [4.78, 5) is 23.3. The molecule has 0 radical (unpaired) electrons. The van der Waals surface area contributed by atoms with Crippen LogP contribution in [0, 0.1) is 23.7 Å². The normalized spacial score (nSPS) is 44.1. The number of cyclic esters (lactones) is 1. The number of rotatable bonds is 12. The molecule has 0 bridgehead atoms. The number of ether oxygens (including phenoxy) is 6. The Balaban J connectivity index is 1.82. The molecule has 0 saturated carbocycles. The van der Waals surface area contributed by atoms with Gasteiger partial charge in [-0.05, 0) is 87.0 Å². The van der Waals surface area contributed by atoms with Crippen LogP contribution >= 0.6 is 11.8 Å². The average molecular weight is 885 g/mol. The van der Waals surface area contributed by atoms with E-state index >= 15 is 0 Å². The number of carbonyl (C=O) groups is 1. The van der Waals surface area contributed by atoms with Gasteiger partial charge in [0.1, 0.15) is 30.5 Å². The Morgan fingerprint density at radius 2 is 1.57 bits per heavy atom. The highest BCUT2D eigenvalue weighted by atomic mass is 32.2. The molecule has 3 aliphatic rings. The molecular weight excluding hydrogens is 809 g/mol. The van der Waals surface area contributed by atoms with Crippen molar-refractivity contribution in [1.82, 2.24) is 4.90 Å². The van der Waals surface area contributed by atoms with Gasteiger partial charge in [0.15, 0.2) is 12.6 Å². The molecule has 3 fully saturated rings. The van der Waals surface area contributed by atoms with Gasteiger partial charge >= 0.3 is 5.97 Å². The number of nitrogens with zero attached hydrogens (tertiary/aromatic N) is 2. The van der Waals surface area contributed by atoms with E-state index in [1.165, 1.54) is 14.0 Å². The van der Waals surface area contributed by atoms with Crippen LogP contribution < -0.4 is 0 Å². The number of aliphatic hydroxyl groups is 5.